The number of carbonyl (C=O) groups excluding carboxylic acids is 2. The molecule has 0 saturated carbocycles. The minimum Gasteiger partial charge on any atom is -0.478 e. The fourth-order valence-corrected chi connectivity index (χ4v) is 7.18. The summed E-state index contributed by atoms with van der Waals surface area (Å²) in [6, 6.07) is 10.2. The van der Waals surface area contributed by atoms with Crippen molar-refractivity contribution in [3.05, 3.63) is 92.8 Å². The van der Waals surface area contributed by atoms with E-state index in [9.17, 15) is 23.9 Å². The number of likely N-dealkylation sites (tertiary alicyclic amines) is 1. The first kappa shape index (κ1) is 31.5. The summed E-state index contributed by atoms with van der Waals surface area (Å²) < 4.78 is 26.3. The molecule has 1 amide bonds. The van der Waals surface area contributed by atoms with Gasteiger partial charge in [0.05, 0.1) is 17.7 Å². The first-order valence-corrected chi connectivity index (χ1v) is 15.9. The molecule has 2 N–H and O–H groups in total. The number of methoxy groups -OCH3 is 1. The van der Waals surface area contributed by atoms with E-state index in [2.05, 4.69) is 15.2 Å². The van der Waals surface area contributed by atoms with Gasteiger partial charge in [-0.15, -0.1) is 11.3 Å². The van der Waals surface area contributed by atoms with Crippen molar-refractivity contribution in [2.45, 2.75) is 31.9 Å². The molecular formula is C33H34FN5O6S. The van der Waals surface area contributed by atoms with Crippen LogP contribution < -0.4 is 10.2 Å². The first-order valence-electron chi connectivity index (χ1n) is 15.0. The average molecular weight is 648 g/mol. The molecule has 3 aromatic rings. The summed E-state index contributed by atoms with van der Waals surface area (Å²) in [4.78, 5) is 51.8. The number of esters is 1. The number of carboxylic acids is 1. The third kappa shape index (κ3) is 5.59. The number of ether oxygens (including phenoxy) is 2. The summed E-state index contributed by atoms with van der Waals surface area (Å²) in [6.07, 6.45) is 2.09. The number of hydrogen-bond acceptors (Lipinski definition) is 10. The Bertz CT molecular complexity index is 1730. The van der Waals surface area contributed by atoms with E-state index in [4.69, 9.17) is 14.5 Å². The number of thiazole rings is 1. The molecule has 2 fully saturated rings. The lowest BCUT2D eigenvalue weighted by Crippen LogP contribution is -2.55. The van der Waals surface area contributed by atoms with E-state index >= 15 is 0 Å². The Balaban J connectivity index is 1.33. The molecule has 13 heteroatoms. The van der Waals surface area contributed by atoms with E-state index in [1.54, 1.807) is 56.3 Å². The van der Waals surface area contributed by atoms with Crippen LogP contribution in [0.3, 0.4) is 0 Å². The fraction of sp³-hybridized carbons (Fsp3) is 0.364. The number of aromatic nitrogens is 1. The van der Waals surface area contributed by atoms with Crippen molar-refractivity contribution in [1.29, 1.82) is 0 Å². The molecule has 3 aliphatic heterocycles. The van der Waals surface area contributed by atoms with Crippen LogP contribution in [-0.4, -0.2) is 84.2 Å². The highest BCUT2D eigenvalue weighted by Crippen LogP contribution is 2.42. The van der Waals surface area contributed by atoms with Crippen molar-refractivity contribution >= 4 is 40.7 Å². The quantitative estimate of drug-likeness (QED) is 0.331. The lowest BCUT2D eigenvalue weighted by atomic mass is 9.82. The van der Waals surface area contributed by atoms with Crippen LogP contribution in [0.15, 0.2) is 70.3 Å². The minimum absolute atomic E-state index is 0.137. The number of nitrogens with zero attached hydrogens (tertiary/aromatic N) is 4. The molecule has 0 bridgehead atoms. The lowest BCUT2D eigenvalue weighted by molar-refractivity contribution is -0.147. The number of amidine groups is 1. The number of halogens is 1. The molecular weight excluding hydrogens is 613 g/mol. The Kier molecular flexibility index (Phi) is 8.73. The average Bonchev–Trinajstić information content (AvgIpc) is 3.69. The molecule has 46 heavy (non-hydrogen) atoms. The summed E-state index contributed by atoms with van der Waals surface area (Å²) in [5, 5.41) is 15.1. The second-order valence-electron chi connectivity index (χ2n) is 11.5. The van der Waals surface area contributed by atoms with Crippen molar-refractivity contribution in [1.82, 2.24) is 15.2 Å². The summed E-state index contributed by atoms with van der Waals surface area (Å²) >= 11 is 1.39. The van der Waals surface area contributed by atoms with Gasteiger partial charge in [0.2, 0.25) is 0 Å². The summed E-state index contributed by atoms with van der Waals surface area (Å²) in [7, 11) is 1.55. The van der Waals surface area contributed by atoms with Gasteiger partial charge < -0.3 is 24.8 Å². The van der Waals surface area contributed by atoms with Gasteiger partial charge in [-0.05, 0) is 61.7 Å². The number of carbonyl (C=O) groups is 3. The van der Waals surface area contributed by atoms with E-state index in [1.807, 2.05) is 5.38 Å². The maximum absolute atomic E-state index is 14.8. The summed E-state index contributed by atoms with van der Waals surface area (Å²) in [5.74, 6) is -1.88. The van der Waals surface area contributed by atoms with E-state index in [0.717, 1.165) is 0 Å². The van der Waals surface area contributed by atoms with Crippen LogP contribution in [-0.2, 0) is 19.1 Å². The van der Waals surface area contributed by atoms with Crippen molar-refractivity contribution in [3.8, 4) is 0 Å². The zero-order valence-electron chi connectivity index (χ0n) is 25.7. The number of hydrogen-bond donors (Lipinski definition) is 2. The Morgan fingerprint density at radius 2 is 1.98 bits per heavy atom. The van der Waals surface area contributed by atoms with Gasteiger partial charge in [-0.25, -0.2) is 19.0 Å². The van der Waals surface area contributed by atoms with Crippen molar-refractivity contribution in [2.75, 3.05) is 44.8 Å². The second kappa shape index (κ2) is 12.7. The van der Waals surface area contributed by atoms with Crippen LogP contribution in [0.25, 0.3) is 0 Å². The first-order chi connectivity index (χ1) is 22.2. The number of carboxylic acid groups (broad SMARTS) is 1. The SMILES string of the molecule is CCOC(=O)C1=C(CN2CC[C@]3(OC)C(=O)N(c4ccc(C(=O)O)cc4)C[C@@H]3C2)NC(c2nccs2)=N[C@H]1c1cccc(F)c1C. The van der Waals surface area contributed by atoms with Crippen LogP contribution in [0.4, 0.5) is 10.1 Å². The Labute approximate surface area is 269 Å². The van der Waals surface area contributed by atoms with E-state index < -0.39 is 29.4 Å². The summed E-state index contributed by atoms with van der Waals surface area (Å²) in [5.41, 5.74) is 1.52. The van der Waals surface area contributed by atoms with E-state index in [0.29, 0.717) is 71.5 Å². The van der Waals surface area contributed by atoms with E-state index in [1.165, 1.54) is 29.5 Å². The molecule has 3 atom stereocenters. The van der Waals surface area contributed by atoms with Crippen LogP contribution in [0.2, 0.25) is 0 Å². The number of rotatable bonds is 9. The van der Waals surface area contributed by atoms with Gasteiger partial charge in [0.15, 0.2) is 16.4 Å². The number of piperidine rings is 1. The molecule has 3 aliphatic rings. The molecule has 2 aromatic carbocycles. The predicted molar refractivity (Wildman–Crippen MR) is 169 cm³/mol. The number of anilines is 1. The second-order valence-corrected chi connectivity index (χ2v) is 12.3. The molecule has 0 spiro atoms. The minimum atomic E-state index is -1.04. The largest absolute Gasteiger partial charge is 0.478 e. The van der Waals surface area contributed by atoms with Gasteiger partial charge in [0.25, 0.3) is 5.91 Å². The fourth-order valence-electron chi connectivity index (χ4n) is 6.59. The normalized spacial score (nSPS) is 23.2. The Morgan fingerprint density at radius 1 is 1.20 bits per heavy atom. The van der Waals surface area contributed by atoms with Gasteiger partial charge in [-0.1, -0.05) is 12.1 Å². The molecule has 11 nitrogen and oxygen atoms in total. The highest BCUT2D eigenvalue weighted by molar-refractivity contribution is 7.11. The number of aromatic carboxylic acids is 1. The molecule has 2 saturated heterocycles. The molecule has 4 heterocycles. The van der Waals surface area contributed by atoms with Gasteiger partial charge in [-0.2, -0.15) is 0 Å². The zero-order valence-corrected chi connectivity index (χ0v) is 26.5. The molecule has 1 aromatic heterocycles. The third-order valence-corrected chi connectivity index (χ3v) is 9.76. The van der Waals surface area contributed by atoms with Crippen molar-refractivity contribution < 1.29 is 33.4 Å². The van der Waals surface area contributed by atoms with Crippen molar-refractivity contribution in [2.24, 2.45) is 10.9 Å². The number of fused-ring (bicyclic) bond motifs is 1. The van der Waals surface area contributed by atoms with Gasteiger partial charge in [0, 0.05) is 62.2 Å². The molecule has 0 radical (unpaired) electrons. The van der Waals surface area contributed by atoms with Gasteiger partial charge in [0.1, 0.15) is 11.9 Å². The van der Waals surface area contributed by atoms with Gasteiger partial charge in [-0.3, -0.25) is 14.7 Å². The predicted octanol–water partition coefficient (Wildman–Crippen LogP) is 3.95. The number of benzene rings is 2. The maximum atomic E-state index is 14.8. The Hall–Kier alpha value is -4.46. The lowest BCUT2D eigenvalue weighted by Gasteiger charge is -2.41. The van der Waals surface area contributed by atoms with Crippen LogP contribution in [0.5, 0.6) is 0 Å². The maximum Gasteiger partial charge on any atom is 0.338 e. The molecule has 6 rings (SSSR count). The third-order valence-electron chi connectivity index (χ3n) is 8.98. The number of nitrogens with one attached hydrogen (secondary N) is 1. The number of amides is 1. The zero-order chi connectivity index (χ0) is 32.6. The standard InChI is InChI=1S/C33H34FN5O6S/c1-4-45-31(42)26-25(36-28(29-35-13-15-46-29)37-27(26)23-6-5-7-24(34)19(23)2)18-38-14-12-33(44-3)21(16-38)17-39(32(33)43)22-10-8-20(9-11-22)30(40)41/h5-11,13,15,21,27H,4,12,14,16-18H2,1-3H3,(H,36,37)(H,40,41)/t21-,27-,33+/m0/s1. The van der Waals surface area contributed by atoms with Crippen LogP contribution in [0.1, 0.15) is 45.9 Å². The summed E-state index contributed by atoms with van der Waals surface area (Å²) in [6.45, 7) is 5.22. The van der Waals surface area contributed by atoms with E-state index in [-0.39, 0.29) is 24.0 Å². The monoisotopic (exact) mass is 647 g/mol. The Morgan fingerprint density at radius 3 is 2.65 bits per heavy atom. The molecule has 0 aliphatic carbocycles. The molecule has 0 unspecified atom stereocenters. The topological polar surface area (TPSA) is 134 Å². The van der Waals surface area contributed by atoms with Crippen LogP contribution in [0, 0.1) is 18.7 Å². The highest BCUT2D eigenvalue weighted by atomic mass is 32.1. The smallest absolute Gasteiger partial charge is 0.338 e. The van der Waals surface area contributed by atoms with Crippen LogP contribution >= 0.6 is 11.3 Å². The highest BCUT2D eigenvalue weighted by Gasteiger charge is 2.57. The molecule has 240 valence electrons. The van der Waals surface area contributed by atoms with Crippen molar-refractivity contribution in [3.63, 3.8) is 0 Å². The van der Waals surface area contributed by atoms with Gasteiger partial charge >= 0.3 is 11.9 Å². The number of aliphatic imine (C=N–C) groups is 1.